The van der Waals surface area contributed by atoms with E-state index < -0.39 is 23.9 Å². The van der Waals surface area contributed by atoms with Gasteiger partial charge in [0, 0.05) is 18.6 Å². The Kier molecular flexibility index (Phi) is 3.69. The van der Waals surface area contributed by atoms with E-state index in [1.165, 1.54) is 0 Å². The van der Waals surface area contributed by atoms with Gasteiger partial charge in [0.1, 0.15) is 6.07 Å². The molecule has 0 aromatic carbocycles. The highest BCUT2D eigenvalue weighted by Crippen LogP contribution is 2.36. The predicted molar refractivity (Wildman–Crippen MR) is 73.3 cm³/mol. The van der Waals surface area contributed by atoms with Gasteiger partial charge in [-0.1, -0.05) is 0 Å². The molecule has 0 radical (unpaired) electrons. The zero-order chi connectivity index (χ0) is 16.6. The van der Waals surface area contributed by atoms with Gasteiger partial charge < -0.3 is 10.4 Å². The lowest BCUT2D eigenvalue weighted by atomic mass is 9.82. The van der Waals surface area contributed by atoms with E-state index in [2.05, 4.69) is 15.4 Å². The first kappa shape index (κ1) is 15.3. The Labute approximate surface area is 129 Å². The van der Waals surface area contributed by atoms with Crippen LogP contribution >= 0.6 is 0 Å². The van der Waals surface area contributed by atoms with Crippen LogP contribution in [0, 0.1) is 11.3 Å². The molecule has 2 heterocycles. The van der Waals surface area contributed by atoms with Crippen LogP contribution in [-0.4, -0.2) is 32.0 Å². The number of nitrogens with one attached hydrogen (secondary N) is 1. The second kappa shape index (κ2) is 5.55. The zero-order valence-electron chi connectivity index (χ0n) is 11.7. The second-order valence-electron chi connectivity index (χ2n) is 5.26. The maximum Gasteiger partial charge on any atom is 0.417 e. The summed E-state index contributed by atoms with van der Waals surface area (Å²) < 4.78 is 39.9. The minimum absolute atomic E-state index is 0.00335. The topological polar surface area (TPSA) is 86.8 Å². The number of aliphatic hydroxyl groups excluding tert-OH is 1. The van der Waals surface area contributed by atoms with E-state index in [1.807, 2.05) is 0 Å². The van der Waals surface area contributed by atoms with Crippen molar-refractivity contribution in [2.24, 2.45) is 0 Å². The van der Waals surface area contributed by atoms with Crippen molar-refractivity contribution in [1.82, 2.24) is 14.8 Å². The molecule has 1 aliphatic rings. The molecular weight excluding hydrogens is 311 g/mol. The van der Waals surface area contributed by atoms with Crippen molar-refractivity contribution in [2.75, 3.05) is 5.32 Å². The maximum atomic E-state index is 12.8. The molecule has 1 fully saturated rings. The Morgan fingerprint density at radius 3 is 2.78 bits per heavy atom. The Hall–Kier alpha value is -2.60. The number of rotatable bonds is 3. The second-order valence-corrected chi connectivity index (χ2v) is 5.26. The van der Waals surface area contributed by atoms with Crippen molar-refractivity contribution < 1.29 is 18.3 Å². The highest BCUT2D eigenvalue weighted by molar-refractivity contribution is 5.56. The number of hydrogen-bond acceptors (Lipinski definition) is 5. The van der Waals surface area contributed by atoms with Crippen LogP contribution in [0.5, 0.6) is 0 Å². The first-order chi connectivity index (χ1) is 10.9. The third-order valence-electron chi connectivity index (χ3n) is 3.79. The largest absolute Gasteiger partial charge is 0.417 e. The zero-order valence-corrected chi connectivity index (χ0v) is 11.7. The fraction of sp³-hybridized carbons (Fsp3) is 0.357. The van der Waals surface area contributed by atoms with E-state index in [1.54, 1.807) is 29.2 Å². The molecule has 0 amide bonds. The summed E-state index contributed by atoms with van der Waals surface area (Å²) >= 11 is 0. The molecule has 0 aliphatic heterocycles. The number of aliphatic hydroxyl groups is 1. The van der Waals surface area contributed by atoms with Crippen LogP contribution in [0.3, 0.4) is 0 Å². The van der Waals surface area contributed by atoms with E-state index in [-0.39, 0.29) is 17.4 Å². The molecule has 2 N–H and O–H groups in total. The molecule has 1 aliphatic carbocycles. The van der Waals surface area contributed by atoms with Gasteiger partial charge >= 0.3 is 6.18 Å². The van der Waals surface area contributed by atoms with Crippen molar-refractivity contribution in [1.29, 1.82) is 5.26 Å². The quantitative estimate of drug-likeness (QED) is 0.901. The minimum atomic E-state index is -4.54. The highest BCUT2D eigenvalue weighted by Gasteiger charge is 2.42. The standard InChI is InChI=1S/C14H12F3N5O/c15-14(16,17)8-4-9(11(6-18)19-7-8)21-10-5-12(23)13(10)22-3-1-2-20-22/h1-4,7,10,12-13,21,23H,5H2/t10-,12+,13+/m0/s1. The van der Waals surface area contributed by atoms with Gasteiger partial charge in [-0.15, -0.1) is 0 Å². The summed E-state index contributed by atoms with van der Waals surface area (Å²) in [6, 6.07) is 3.55. The summed E-state index contributed by atoms with van der Waals surface area (Å²) in [6.07, 6.45) is -1.02. The molecule has 3 rings (SSSR count). The SMILES string of the molecule is N#Cc1ncc(C(F)(F)F)cc1N[C@H]1C[C@@H](O)[C@@H]1n1cccn1. The number of pyridine rings is 1. The number of hydrogen-bond donors (Lipinski definition) is 2. The van der Waals surface area contributed by atoms with Crippen LogP contribution in [-0.2, 0) is 6.18 Å². The Bertz CT molecular complexity index is 738. The van der Waals surface area contributed by atoms with E-state index >= 15 is 0 Å². The maximum absolute atomic E-state index is 12.8. The van der Waals surface area contributed by atoms with Crippen LogP contribution in [0.15, 0.2) is 30.7 Å². The van der Waals surface area contributed by atoms with Crippen molar-refractivity contribution in [2.45, 2.75) is 30.8 Å². The molecule has 0 saturated heterocycles. The number of aromatic nitrogens is 3. The van der Waals surface area contributed by atoms with Crippen LogP contribution < -0.4 is 5.32 Å². The highest BCUT2D eigenvalue weighted by atomic mass is 19.4. The van der Waals surface area contributed by atoms with Crippen molar-refractivity contribution >= 4 is 5.69 Å². The fourth-order valence-corrected chi connectivity index (χ4v) is 2.59. The molecule has 0 spiro atoms. The molecule has 1 saturated carbocycles. The molecule has 6 nitrogen and oxygen atoms in total. The van der Waals surface area contributed by atoms with Crippen LogP contribution in [0.4, 0.5) is 18.9 Å². The van der Waals surface area contributed by atoms with Crippen molar-refractivity contribution in [3.05, 3.63) is 42.0 Å². The van der Waals surface area contributed by atoms with E-state index in [4.69, 9.17) is 5.26 Å². The van der Waals surface area contributed by atoms with E-state index in [0.717, 1.165) is 6.07 Å². The molecule has 0 unspecified atom stereocenters. The van der Waals surface area contributed by atoms with Gasteiger partial charge in [-0.3, -0.25) is 4.68 Å². The summed E-state index contributed by atoms with van der Waals surface area (Å²) in [5, 5.41) is 25.8. The number of nitriles is 1. The Morgan fingerprint density at radius 1 is 1.43 bits per heavy atom. The number of alkyl halides is 3. The summed E-state index contributed by atoms with van der Waals surface area (Å²) in [7, 11) is 0. The van der Waals surface area contributed by atoms with Crippen molar-refractivity contribution in [3.63, 3.8) is 0 Å². The normalized spacial score (nSPS) is 23.9. The van der Waals surface area contributed by atoms with Gasteiger partial charge in [-0.2, -0.15) is 23.5 Å². The predicted octanol–water partition coefficient (Wildman–Crippen LogP) is 1.95. The summed E-state index contributed by atoms with van der Waals surface area (Å²) in [5.41, 5.74) is -1.07. The van der Waals surface area contributed by atoms with Gasteiger partial charge in [-0.05, 0) is 18.6 Å². The smallest absolute Gasteiger partial charge is 0.391 e. The first-order valence-electron chi connectivity index (χ1n) is 6.81. The van der Waals surface area contributed by atoms with Crippen LogP contribution in [0.2, 0.25) is 0 Å². The molecule has 9 heteroatoms. The lowest BCUT2D eigenvalue weighted by molar-refractivity contribution is -0.137. The molecule has 2 aromatic heterocycles. The first-order valence-corrected chi connectivity index (χ1v) is 6.81. The van der Waals surface area contributed by atoms with Gasteiger partial charge in [0.05, 0.1) is 29.4 Å². The average molecular weight is 323 g/mol. The fourth-order valence-electron chi connectivity index (χ4n) is 2.59. The molecule has 2 aromatic rings. The Morgan fingerprint density at radius 2 is 2.22 bits per heavy atom. The van der Waals surface area contributed by atoms with Gasteiger partial charge in [0.15, 0.2) is 5.69 Å². The number of anilines is 1. The van der Waals surface area contributed by atoms with Crippen LogP contribution in [0.25, 0.3) is 0 Å². The minimum Gasteiger partial charge on any atom is -0.391 e. The van der Waals surface area contributed by atoms with E-state index in [0.29, 0.717) is 12.6 Å². The van der Waals surface area contributed by atoms with Gasteiger partial charge in [0.2, 0.25) is 0 Å². The summed E-state index contributed by atoms with van der Waals surface area (Å²) in [5.74, 6) is 0. The Balaban J connectivity index is 1.86. The molecular formula is C14H12F3N5O. The monoisotopic (exact) mass is 323 g/mol. The average Bonchev–Trinajstić information content (AvgIpc) is 2.98. The van der Waals surface area contributed by atoms with Gasteiger partial charge in [-0.25, -0.2) is 4.98 Å². The summed E-state index contributed by atoms with van der Waals surface area (Å²) in [4.78, 5) is 3.55. The third-order valence-corrected chi connectivity index (χ3v) is 3.79. The van der Waals surface area contributed by atoms with Crippen LogP contribution in [0.1, 0.15) is 23.7 Å². The van der Waals surface area contributed by atoms with E-state index in [9.17, 15) is 18.3 Å². The summed E-state index contributed by atoms with van der Waals surface area (Å²) in [6.45, 7) is 0. The molecule has 0 bridgehead atoms. The molecule has 23 heavy (non-hydrogen) atoms. The third kappa shape index (κ3) is 2.85. The van der Waals surface area contributed by atoms with Crippen molar-refractivity contribution in [3.8, 4) is 6.07 Å². The molecule has 3 atom stereocenters. The van der Waals surface area contributed by atoms with Gasteiger partial charge in [0.25, 0.3) is 0 Å². The lowest BCUT2D eigenvalue weighted by Crippen LogP contribution is -2.51. The molecule has 120 valence electrons. The number of halogens is 3. The number of nitrogens with zero attached hydrogens (tertiary/aromatic N) is 4. The lowest BCUT2D eigenvalue weighted by Gasteiger charge is -2.42.